The van der Waals surface area contributed by atoms with E-state index in [1.54, 1.807) is 49.5 Å². The van der Waals surface area contributed by atoms with Gasteiger partial charge in [-0.1, -0.05) is 31.9 Å². The Hall–Kier alpha value is -5.66. The van der Waals surface area contributed by atoms with Gasteiger partial charge in [-0.25, -0.2) is 4.39 Å². The van der Waals surface area contributed by atoms with E-state index < -0.39 is 31.0 Å². The number of rotatable bonds is 11. The van der Waals surface area contributed by atoms with Crippen molar-refractivity contribution in [3.05, 3.63) is 77.5 Å². The molecule has 0 unspecified atom stereocenters. The van der Waals surface area contributed by atoms with Gasteiger partial charge >= 0.3 is 6.18 Å². The van der Waals surface area contributed by atoms with Gasteiger partial charge in [-0.3, -0.25) is 9.59 Å². The number of hydrogen-bond donors (Lipinski definition) is 4. The van der Waals surface area contributed by atoms with E-state index in [0.29, 0.717) is 66.1 Å². The number of nitrogens with one attached hydrogen (secondary N) is 3. The molecule has 63 heavy (non-hydrogen) atoms. The van der Waals surface area contributed by atoms with Crippen LogP contribution in [0.2, 0.25) is 0 Å². The van der Waals surface area contributed by atoms with Crippen LogP contribution in [0.15, 0.2) is 60.7 Å². The molecular weight excluding hydrogens is 817 g/mol. The molecule has 338 valence electrons. The summed E-state index contributed by atoms with van der Waals surface area (Å²) in [5.74, 6) is 6.01. The fourth-order valence-electron chi connectivity index (χ4n) is 9.37. The van der Waals surface area contributed by atoms with Gasteiger partial charge in [0, 0.05) is 74.3 Å². The van der Waals surface area contributed by atoms with E-state index in [-0.39, 0.29) is 55.2 Å². The number of carbonyl (C=O) groups excluding carboxylic acids is 2. The number of methoxy groups -OCH3 is 1. The van der Waals surface area contributed by atoms with Crippen LogP contribution in [0.1, 0.15) is 48.3 Å². The molecule has 16 heteroatoms. The number of ether oxygens (including phenoxy) is 1. The maximum Gasteiger partial charge on any atom is 0.406 e. The lowest BCUT2D eigenvalue weighted by atomic mass is 9.95. The Morgan fingerprint density at radius 1 is 1.06 bits per heavy atom. The number of aromatic nitrogens is 1. The number of anilines is 4. The van der Waals surface area contributed by atoms with Crippen LogP contribution < -0.4 is 35.4 Å². The van der Waals surface area contributed by atoms with Crippen LogP contribution in [0.4, 0.5) is 40.3 Å². The highest BCUT2D eigenvalue weighted by Gasteiger charge is 2.35. The van der Waals surface area contributed by atoms with Gasteiger partial charge in [-0.2, -0.15) is 13.2 Å². The Morgan fingerprint density at radius 3 is 2.57 bits per heavy atom. The summed E-state index contributed by atoms with van der Waals surface area (Å²) in [6.45, 7) is 4.96. The third-order valence-electron chi connectivity index (χ3n) is 12.6. The van der Waals surface area contributed by atoms with Crippen molar-refractivity contribution < 1.29 is 37.0 Å². The lowest BCUT2D eigenvalue weighted by Gasteiger charge is -2.39. The van der Waals surface area contributed by atoms with Crippen LogP contribution in [0.3, 0.4) is 0 Å². The minimum absolute atomic E-state index is 0.0346. The van der Waals surface area contributed by atoms with Gasteiger partial charge in [-0.05, 0) is 92.2 Å². The second-order valence-corrected chi connectivity index (χ2v) is 17.4. The topological polar surface area (TPSA) is 118 Å². The molecule has 5 atom stereocenters. The number of hydrogen-bond acceptors (Lipinski definition) is 9. The van der Waals surface area contributed by atoms with Gasteiger partial charge in [0.05, 0.1) is 49.2 Å². The minimum atomic E-state index is -4.51. The average Bonchev–Trinajstić information content (AvgIpc) is 3.84. The van der Waals surface area contributed by atoms with E-state index in [1.165, 1.54) is 7.11 Å². The number of fused-ring (bicyclic) bond motifs is 2. The Labute approximate surface area is 366 Å². The fourth-order valence-corrected chi connectivity index (χ4v) is 9.37. The van der Waals surface area contributed by atoms with E-state index in [0.717, 1.165) is 27.9 Å². The smallest absolute Gasteiger partial charge is 0.406 e. The number of carbonyl (C=O) groups is 2. The summed E-state index contributed by atoms with van der Waals surface area (Å²) in [5, 5.41) is 19.9. The molecule has 0 bridgehead atoms. The van der Waals surface area contributed by atoms with Gasteiger partial charge in [0.15, 0.2) is 0 Å². The lowest BCUT2D eigenvalue weighted by molar-refractivity contribution is -0.140. The molecule has 3 aliphatic heterocycles. The maximum absolute atomic E-state index is 15.2. The predicted octanol–water partition coefficient (Wildman–Crippen LogP) is 5.66. The quantitative estimate of drug-likeness (QED) is 0.112. The molecular formula is C47H58F4N8O4. The number of halogens is 4. The third kappa shape index (κ3) is 10.1. The first kappa shape index (κ1) is 45.4. The van der Waals surface area contributed by atoms with E-state index >= 15 is 4.39 Å². The molecule has 2 saturated heterocycles. The average molecular weight is 875 g/mol. The molecule has 3 aromatic carbocycles. The zero-order valence-electron chi connectivity index (χ0n) is 36.7. The largest absolute Gasteiger partial charge is 0.495 e. The second-order valence-electron chi connectivity index (χ2n) is 17.4. The first-order chi connectivity index (χ1) is 30.0. The molecule has 1 aromatic heterocycles. The molecule has 4 heterocycles. The summed E-state index contributed by atoms with van der Waals surface area (Å²) >= 11 is 0. The highest BCUT2D eigenvalue weighted by molar-refractivity contribution is 5.96. The Morgan fingerprint density at radius 2 is 1.86 bits per heavy atom. The summed E-state index contributed by atoms with van der Waals surface area (Å²) < 4.78 is 63.7. The number of nitrogens with zero attached hydrogens (tertiary/aromatic N) is 5. The van der Waals surface area contributed by atoms with Crippen molar-refractivity contribution in [1.82, 2.24) is 20.1 Å². The number of alkyl halides is 4. The lowest BCUT2D eigenvalue weighted by Crippen LogP contribution is -2.54. The highest BCUT2D eigenvalue weighted by Crippen LogP contribution is 2.36. The molecule has 4 aromatic rings. The van der Waals surface area contributed by atoms with E-state index in [1.807, 2.05) is 48.7 Å². The highest BCUT2D eigenvalue weighted by atomic mass is 19.4. The van der Waals surface area contributed by atoms with E-state index in [9.17, 15) is 27.9 Å². The van der Waals surface area contributed by atoms with Crippen molar-refractivity contribution in [3.8, 4) is 17.6 Å². The van der Waals surface area contributed by atoms with Crippen molar-refractivity contribution in [2.45, 2.75) is 76.2 Å². The summed E-state index contributed by atoms with van der Waals surface area (Å²) in [6, 6.07) is 16.6. The van der Waals surface area contributed by atoms with Crippen molar-refractivity contribution in [2.24, 2.45) is 5.92 Å². The zero-order valence-corrected chi connectivity index (χ0v) is 36.7. The normalized spacial score (nSPS) is 21.9. The Balaban J connectivity index is 1.04. The number of likely N-dealkylation sites (N-methyl/N-ethyl adjacent to an activating group) is 1. The summed E-state index contributed by atoms with van der Waals surface area (Å²) in [7, 11) is 7.09. The van der Waals surface area contributed by atoms with Crippen molar-refractivity contribution >= 4 is 45.5 Å². The number of aliphatic hydroxyl groups is 1. The first-order valence-electron chi connectivity index (χ1n) is 21.5. The van der Waals surface area contributed by atoms with Gasteiger partial charge in [0.25, 0.3) is 5.91 Å². The summed E-state index contributed by atoms with van der Waals surface area (Å²) in [6.07, 6.45) is -3.81. The number of amides is 2. The molecule has 7 rings (SSSR count). The predicted molar refractivity (Wildman–Crippen MR) is 240 cm³/mol. The van der Waals surface area contributed by atoms with Crippen molar-refractivity contribution in [1.29, 1.82) is 0 Å². The van der Waals surface area contributed by atoms with Crippen LogP contribution in [-0.4, -0.2) is 130 Å². The number of likely N-dealkylation sites (tertiary alicyclic amines) is 1. The summed E-state index contributed by atoms with van der Waals surface area (Å²) in [5.41, 5.74) is 5.02. The molecule has 3 aliphatic rings. The minimum Gasteiger partial charge on any atom is -0.495 e. The number of piperidine rings is 1. The third-order valence-corrected chi connectivity index (χ3v) is 12.6. The Bertz CT molecular complexity index is 2360. The van der Waals surface area contributed by atoms with E-state index in [4.69, 9.17) is 4.74 Å². The molecule has 0 saturated carbocycles. The molecule has 4 N–H and O–H groups in total. The van der Waals surface area contributed by atoms with Crippen LogP contribution >= 0.6 is 0 Å². The molecule has 0 spiro atoms. The van der Waals surface area contributed by atoms with Gasteiger partial charge < -0.3 is 50.0 Å². The first-order valence-corrected chi connectivity index (χ1v) is 21.5. The monoisotopic (exact) mass is 874 g/mol. The van der Waals surface area contributed by atoms with Gasteiger partial charge in [0.1, 0.15) is 24.5 Å². The molecule has 2 amide bonds. The molecule has 2 fully saturated rings. The van der Waals surface area contributed by atoms with Crippen molar-refractivity contribution in [3.63, 3.8) is 0 Å². The Kier molecular flexibility index (Phi) is 13.7. The standard InChI is InChI=1S/C47H58F4N8O4/c1-29(2)44-46(62)54-33(27-60)21-30-12-14-34(24-42(30)57(44)5)58-20-16-32(25-58)53-45(61)31-13-15-43(63-6)38(22-31)52-18-8-9-35-23-36-39(56(4)41-17-19-55(3)26-37(41)48)10-7-11-40(36)59(35)28-47(49,50)51/h7,10-15,22-24,29,32-33,37,41,44,52,60H,16-21,25-28H2,1-6H3,(H,53,61)(H,54,62)/t32-,33+,37+,41-,44+/m1/s1. The van der Waals surface area contributed by atoms with Crippen molar-refractivity contribution in [2.75, 3.05) is 87.6 Å². The SMILES string of the molecule is COc1ccc(C(=O)N[C@@H]2CCN(c3ccc4c(c3)N(C)[C@@H](C(C)C)C(=O)N[C@H](CO)C4)C2)cc1NCC#Cc1cc2c(N(C)[C@@H]3CCN(C)C[C@@H]3F)cccc2n1CC(F)(F)F. The number of benzene rings is 3. The molecule has 0 aliphatic carbocycles. The van der Waals surface area contributed by atoms with Gasteiger partial charge in [-0.15, -0.1) is 0 Å². The maximum atomic E-state index is 15.2. The molecule has 12 nitrogen and oxygen atoms in total. The fraction of sp³-hybridized carbons (Fsp3) is 0.489. The van der Waals surface area contributed by atoms with Gasteiger partial charge in [0.2, 0.25) is 5.91 Å². The number of aliphatic hydroxyl groups excluding tert-OH is 1. The van der Waals surface area contributed by atoms with E-state index in [2.05, 4.69) is 44.8 Å². The van der Waals surface area contributed by atoms with Crippen LogP contribution in [0.5, 0.6) is 5.75 Å². The molecule has 0 radical (unpaired) electrons. The summed E-state index contributed by atoms with van der Waals surface area (Å²) in [4.78, 5) is 34.8. The van der Waals surface area contributed by atoms with Crippen LogP contribution in [-0.2, 0) is 17.8 Å². The van der Waals surface area contributed by atoms with Crippen LogP contribution in [0, 0.1) is 17.8 Å². The van der Waals surface area contributed by atoms with Crippen LogP contribution in [0.25, 0.3) is 10.9 Å². The second kappa shape index (κ2) is 19.0. The zero-order chi connectivity index (χ0) is 45.2.